The second-order valence-corrected chi connectivity index (χ2v) is 10.7. The predicted molar refractivity (Wildman–Crippen MR) is 113 cm³/mol. The van der Waals surface area contributed by atoms with Gasteiger partial charge in [-0.05, 0) is 49.4 Å². The number of aryl methyl sites for hydroxylation is 2. The van der Waals surface area contributed by atoms with Crippen LogP contribution in [0.1, 0.15) is 33.0 Å². The number of thiophene rings is 1. The van der Waals surface area contributed by atoms with Crippen molar-refractivity contribution in [3.63, 3.8) is 0 Å². The van der Waals surface area contributed by atoms with Crippen molar-refractivity contribution in [2.75, 3.05) is 11.5 Å². The lowest BCUT2D eigenvalue weighted by molar-refractivity contribution is 0.0650. The summed E-state index contributed by atoms with van der Waals surface area (Å²) in [5.41, 5.74) is 2.03. The molecule has 1 fully saturated rings. The van der Waals surface area contributed by atoms with Crippen LogP contribution in [0.3, 0.4) is 0 Å². The van der Waals surface area contributed by atoms with Crippen LogP contribution in [0, 0.1) is 13.8 Å². The van der Waals surface area contributed by atoms with Gasteiger partial charge >= 0.3 is 0 Å². The van der Waals surface area contributed by atoms with Crippen LogP contribution < -0.4 is 5.43 Å². The van der Waals surface area contributed by atoms with E-state index in [1.54, 1.807) is 17.0 Å². The lowest BCUT2D eigenvalue weighted by Gasteiger charge is -2.27. The number of carbonyl (C=O) groups is 1. The monoisotopic (exact) mass is 431 g/mol. The summed E-state index contributed by atoms with van der Waals surface area (Å²) in [5, 5.41) is 2.36. The number of benzene rings is 1. The Morgan fingerprint density at radius 1 is 1.24 bits per heavy atom. The van der Waals surface area contributed by atoms with Crippen LogP contribution >= 0.6 is 11.3 Å². The number of hydrogen-bond donors (Lipinski definition) is 0. The molecule has 1 aromatic carbocycles. The fourth-order valence-corrected chi connectivity index (χ4v) is 6.26. The van der Waals surface area contributed by atoms with E-state index in [0.29, 0.717) is 17.4 Å². The number of rotatable bonds is 4. The highest BCUT2D eigenvalue weighted by Crippen LogP contribution is 2.26. The summed E-state index contributed by atoms with van der Waals surface area (Å²) in [7, 11) is -3.18. The van der Waals surface area contributed by atoms with E-state index in [4.69, 9.17) is 4.42 Å². The van der Waals surface area contributed by atoms with Crippen LogP contribution in [0.4, 0.5) is 0 Å². The van der Waals surface area contributed by atoms with Gasteiger partial charge in [0, 0.05) is 17.0 Å². The summed E-state index contributed by atoms with van der Waals surface area (Å²) in [4.78, 5) is 28.4. The van der Waals surface area contributed by atoms with Crippen LogP contribution in [0.25, 0.3) is 11.0 Å². The van der Waals surface area contributed by atoms with E-state index in [-0.39, 0.29) is 29.2 Å². The predicted octanol–water partition coefficient (Wildman–Crippen LogP) is 3.30. The molecule has 0 spiro atoms. The summed E-state index contributed by atoms with van der Waals surface area (Å²) in [6, 6.07) is 7.96. The van der Waals surface area contributed by atoms with Gasteiger partial charge in [0.05, 0.1) is 23.4 Å². The number of sulfone groups is 1. The summed E-state index contributed by atoms with van der Waals surface area (Å²) < 4.78 is 29.8. The molecule has 4 rings (SSSR count). The molecule has 0 saturated carbocycles. The Hall–Kier alpha value is -2.45. The number of fused-ring (bicyclic) bond motifs is 1. The highest BCUT2D eigenvalue weighted by Gasteiger charge is 2.36. The van der Waals surface area contributed by atoms with Crippen LogP contribution in [-0.2, 0) is 16.4 Å². The van der Waals surface area contributed by atoms with Crippen molar-refractivity contribution in [2.24, 2.45) is 0 Å². The largest absolute Gasteiger partial charge is 0.451 e. The second kappa shape index (κ2) is 7.42. The third-order valence-corrected chi connectivity index (χ3v) is 8.04. The minimum absolute atomic E-state index is 0.0613. The molecule has 1 atom stereocenters. The molecule has 3 heterocycles. The first-order valence-corrected chi connectivity index (χ1v) is 12.0. The van der Waals surface area contributed by atoms with E-state index >= 15 is 0 Å². The fraction of sp³-hybridized carbons (Fsp3) is 0.333. The Labute approximate surface area is 172 Å². The van der Waals surface area contributed by atoms with Gasteiger partial charge in [-0.3, -0.25) is 9.59 Å². The maximum atomic E-state index is 13.3. The SMILES string of the molecule is Cc1ccc2oc(C(=O)N(Cc3sccc3C)[C@@H]3CCS(=O)(=O)C3)cc(=O)c2c1. The van der Waals surface area contributed by atoms with Gasteiger partial charge in [-0.2, -0.15) is 0 Å². The zero-order valence-electron chi connectivity index (χ0n) is 16.2. The first-order chi connectivity index (χ1) is 13.7. The minimum atomic E-state index is -3.18. The minimum Gasteiger partial charge on any atom is -0.451 e. The molecule has 0 bridgehead atoms. The summed E-state index contributed by atoms with van der Waals surface area (Å²) >= 11 is 1.52. The van der Waals surface area contributed by atoms with Gasteiger partial charge in [-0.15, -0.1) is 11.3 Å². The van der Waals surface area contributed by atoms with Gasteiger partial charge in [0.15, 0.2) is 21.0 Å². The molecular weight excluding hydrogens is 410 g/mol. The highest BCUT2D eigenvalue weighted by atomic mass is 32.2. The maximum absolute atomic E-state index is 13.3. The molecule has 152 valence electrons. The molecule has 0 N–H and O–H groups in total. The molecular formula is C21H21NO5S2. The molecule has 3 aromatic rings. The molecule has 8 heteroatoms. The molecule has 1 amide bonds. The zero-order chi connectivity index (χ0) is 20.8. The van der Waals surface area contributed by atoms with Crippen molar-refractivity contribution in [1.82, 2.24) is 4.90 Å². The molecule has 0 unspecified atom stereocenters. The molecule has 0 radical (unpaired) electrons. The fourth-order valence-electron chi connectivity index (χ4n) is 3.63. The molecule has 1 saturated heterocycles. The van der Waals surface area contributed by atoms with Crippen LogP contribution in [0.2, 0.25) is 0 Å². The lowest BCUT2D eigenvalue weighted by Crippen LogP contribution is -2.40. The summed E-state index contributed by atoms with van der Waals surface area (Å²) in [6.45, 7) is 4.13. The van der Waals surface area contributed by atoms with Gasteiger partial charge in [-0.1, -0.05) is 11.6 Å². The van der Waals surface area contributed by atoms with Crippen molar-refractivity contribution in [1.29, 1.82) is 0 Å². The van der Waals surface area contributed by atoms with Crippen LogP contribution in [0.15, 0.2) is 44.9 Å². The summed E-state index contributed by atoms with van der Waals surface area (Å²) in [5.74, 6) is -0.532. The smallest absolute Gasteiger partial charge is 0.290 e. The molecule has 6 nitrogen and oxygen atoms in total. The quantitative estimate of drug-likeness (QED) is 0.633. The van der Waals surface area contributed by atoms with E-state index in [1.165, 1.54) is 17.4 Å². The van der Waals surface area contributed by atoms with Crippen LogP contribution in [0.5, 0.6) is 0 Å². The third-order valence-electron chi connectivity index (χ3n) is 5.29. The van der Waals surface area contributed by atoms with Gasteiger partial charge in [0.2, 0.25) is 0 Å². The average molecular weight is 432 g/mol. The topological polar surface area (TPSA) is 84.7 Å². The normalized spacial score (nSPS) is 18.2. The number of carbonyl (C=O) groups excluding carboxylic acids is 1. The number of amides is 1. The Morgan fingerprint density at radius 2 is 2.03 bits per heavy atom. The van der Waals surface area contributed by atoms with Crippen molar-refractivity contribution in [3.8, 4) is 0 Å². The number of hydrogen-bond acceptors (Lipinski definition) is 6. The molecule has 29 heavy (non-hydrogen) atoms. The van der Waals surface area contributed by atoms with E-state index < -0.39 is 21.8 Å². The lowest BCUT2D eigenvalue weighted by atomic mass is 10.1. The van der Waals surface area contributed by atoms with Gasteiger partial charge in [0.25, 0.3) is 5.91 Å². The van der Waals surface area contributed by atoms with Gasteiger partial charge in [0.1, 0.15) is 5.58 Å². The van der Waals surface area contributed by atoms with Crippen molar-refractivity contribution in [3.05, 3.63) is 67.7 Å². The first-order valence-electron chi connectivity index (χ1n) is 9.32. The first kappa shape index (κ1) is 19.8. The molecule has 1 aliphatic rings. The average Bonchev–Trinajstić information content (AvgIpc) is 3.24. The maximum Gasteiger partial charge on any atom is 0.290 e. The Balaban J connectivity index is 1.75. The number of nitrogens with zero attached hydrogens (tertiary/aromatic N) is 1. The molecule has 1 aliphatic heterocycles. The van der Waals surface area contributed by atoms with E-state index in [0.717, 1.165) is 16.0 Å². The molecule has 2 aromatic heterocycles. The highest BCUT2D eigenvalue weighted by molar-refractivity contribution is 7.91. The van der Waals surface area contributed by atoms with Crippen LogP contribution in [-0.4, -0.2) is 36.8 Å². The Morgan fingerprint density at radius 3 is 2.69 bits per heavy atom. The third kappa shape index (κ3) is 4.00. The second-order valence-electron chi connectivity index (χ2n) is 7.49. The van der Waals surface area contributed by atoms with Crippen molar-refractivity contribution >= 4 is 38.1 Å². The van der Waals surface area contributed by atoms with E-state index in [9.17, 15) is 18.0 Å². The Bertz CT molecular complexity index is 1260. The van der Waals surface area contributed by atoms with E-state index in [2.05, 4.69) is 0 Å². The van der Waals surface area contributed by atoms with Crippen molar-refractivity contribution in [2.45, 2.75) is 32.9 Å². The standard InChI is InChI=1S/C21H21NO5S2/c1-13-3-4-18-16(9-13)17(23)10-19(27-18)21(24)22(11-20-14(2)5-7-28-20)15-6-8-29(25,26)12-15/h3-5,7,9-10,15H,6,8,11-12H2,1-2H3/t15-/m1/s1. The van der Waals surface area contributed by atoms with Crippen molar-refractivity contribution < 1.29 is 17.6 Å². The zero-order valence-corrected chi connectivity index (χ0v) is 17.8. The Kier molecular flexibility index (Phi) is 5.08. The summed E-state index contributed by atoms with van der Waals surface area (Å²) in [6.07, 6.45) is 0.384. The van der Waals surface area contributed by atoms with Gasteiger partial charge in [-0.25, -0.2) is 8.42 Å². The molecule has 0 aliphatic carbocycles. The van der Waals surface area contributed by atoms with Gasteiger partial charge < -0.3 is 9.32 Å². The van der Waals surface area contributed by atoms with E-state index in [1.807, 2.05) is 31.4 Å².